The lowest BCUT2D eigenvalue weighted by molar-refractivity contribution is 0.800. The predicted octanol–water partition coefficient (Wildman–Crippen LogP) is 4.08. The van der Waals surface area contributed by atoms with Crippen LogP contribution in [-0.2, 0) is 0 Å². The number of hydrogen-bond acceptors (Lipinski definition) is 3. The molecular formula is C15H13Cl2N3. The van der Waals surface area contributed by atoms with Crippen molar-refractivity contribution in [2.24, 2.45) is 0 Å². The first-order valence-electron chi connectivity index (χ1n) is 6.41. The first kappa shape index (κ1) is 13.4. The van der Waals surface area contributed by atoms with Crippen LogP contribution in [0, 0.1) is 0 Å². The van der Waals surface area contributed by atoms with Crippen LogP contribution in [0.15, 0.2) is 42.5 Å². The molecule has 0 N–H and O–H groups in total. The van der Waals surface area contributed by atoms with Gasteiger partial charge in [0.15, 0.2) is 11.0 Å². The Labute approximate surface area is 127 Å². The molecule has 0 bridgehead atoms. The van der Waals surface area contributed by atoms with Crippen molar-refractivity contribution in [3.05, 3.63) is 58.2 Å². The fourth-order valence-corrected chi connectivity index (χ4v) is 2.60. The fraction of sp³-hybridized carbons (Fsp3) is 0.200. The molecule has 2 aromatic rings. The van der Waals surface area contributed by atoms with E-state index >= 15 is 0 Å². The Hall–Kier alpha value is -1.58. The summed E-state index contributed by atoms with van der Waals surface area (Å²) < 4.78 is 0. The number of rotatable bonds is 2. The molecule has 0 radical (unpaired) electrons. The molecule has 3 nitrogen and oxygen atoms in total. The van der Waals surface area contributed by atoms with E-state index < -0.39 is 0 Å². The summed E-state index contributed by atoms with van der Waals surface area (Å²) in [6, 6.07) is 11.6. The quantitative estimate of drug-likeness (QED) is 0.837. The van der Waals surface area contributed by atoms with E-state index in [9.17, 15) is 0 Å². The summed E-state index contributed by atoms with van der Waals surface area (Å²) in [6.07, 6.45) is 3.18. The van der Waals surface area contributed by atoms with E-state index in [1.54, 1.807) is 6.07 Å². The summed E-state index contributed by atoms with van der Waals surface area (Å²) >= 11 is 11.8. The lowest BCUT2D eigenvalue weighted by atomic mass is 9.99. The Bertz CT molecular complexity index is 638. The molecule has 3 rings (SSSR count). The molecule has 0 unspecified atom stereocenters. The number of halogens is 2. The highest BCUT2D eigenvalue weighted by Crippen LogP contribution is 2.26. The molecule has 0 amide bonds. The number of nitrogens with zero attached hydrogens (tertiary/aromatic N) is 3. The minimum atomic E-state index is 0.418. The molecule has 102 valence electrons. The third-order valence-corrected chi connectivity index (χ3v) is 3.78. The van der Waals surface area contributed by atoms with Crippen LogP contribution in [-0.4, -0.2) is 23.3 Å². The van der Waals surface area contributed by atoms with Gasteiger partial charge in [0.25, 0.3) is 0 Å². The second-order valence-corrected chi connectivity index (χ2v) is 5.47. The molecule has 0 spiro atoms. The van der Waals surface area contributed by atoms with Crippen molar-refractivity contribution in [2.75, 3.05) is 18.0 Å². The summed E-state index contributed by atoms with van der Waals surface area (Å²) in [7, 11) is 0. The van der Waals surface area contributed by atoms with Crippen LogP contribution >= 0.6 is 23.2 Å². The first-order valence-corrected chi connectivity index (χ1v) is 7.17. The van der Waals surface area contributed by atoms with Crippen LogP contribution in [0.5, 0.6) is 0 Å². The zero-order valence-corrected chi connectivity index (χ0v) is 12.3. The van der Waals surface area contributed by atoms with E-state index in [0.717, 1.165) is 30.4 Å². The number of hydrogen-bond donors (Lipinski definition) is 0. The van der Waals surface area contributed by atoms with E-state index in [1.165, 1.54) is 11.1 Å². The zero-order chi connectivity index (χ0) is 13.9. The highest BCUT2D eigenvalue weighted by Gasteiger charge is 2.14. The maximum atomic E-state index is 6.04. The van der Waals surface area contributed by atoms with Crippen LogP contribution in [0.3, 0.4) is 0 Å². The van der Waals surface area contributed by atoms with Gasteiger partial charge >= 0.3 is 0 Å². The molecule has 1 aromatic carbocycles. The topological polar surface area (TPSA) is 29.0 Å². The molecule has 0 atom stereocenters. The normalized spacial score (nSPS) is 15.1. The molecule has 0 saturated heterocycles. The fourth-order valence-electron chi connectivity index (χ4n) is 2.31. The van der Waals surface area contributed by atoms with Crippen molar-refractivity contribution in [2.45, 2.75) is 6.42 Å². The van der Waals surface area contributed by atoms with E-state index in [-0.39, 0.29) is 0 Å². The lowest BCUT2D eigenvalue weighted by Crippen LogP contribution is -2.29. The Morgan fingerprint density at radius 2 is 1.95 bits per heavy atom. The van der Waals surface area contributed by atoms with Crippen LogP contribution in [0.25, 0.3) is 5.57 Å². The molecule has 1 aromatic heterocycles. The highest BCUT2D eigenvalue weighted by atomic mass is 35.5. The largest absolute Gasteiger partial charge is 0.351 e. The minimum Gasteiger partial charge on any atom is -0.351 e. The Morgan fingerprint density at radius 1 is 1.05 bits per heavy atom. The summed E-state index contributed by atoms with van der Waals surface area (Å²) in [5.41, 5.74) is 2.52. The summed E-state index contributed by atoms with van der Waals surface area (Å²) in [4.78, 5) is 2.18. The standard InChI is InChI=1S/C15H13Cl2N3/c16-13-3-1-2-12(10-13)11-6-8-20(9-7-11)15-5-4-14(17)18-19-15/h1-6,10H,7-9H2. The SMILES string of the molecule is Clc1cccc(C2=CCN(c3ccc(Cl)nn3)CC2)c1. The molecule has 5 heteroatoms. The van der Waals surface area contributed by atoms with E-state index in [1.807, 2.05) is 24.3 Å². The second-order valence-electron chi connectivity index (χ2n) is 4.65. The van der Waals surface area contributed by atoms with E-state index in [0.29, 0.717) is 5.15 Å². The molecule has 1 aliphatic rings. The van der Waals surface area contributed by atoms with Crippen molar-refractivity contribution in [3.8, 4) is 0 Å². The molecular weight excluding hydrogens is 293 g/mol. The third-order valence-electron chi connectivity index (χ3n) is 3.35. The minimum absolute atomic E-state index is 0.418. The van der Waals surface area contributed by atoms with Gasteiger partial charge < -0.3 is 4.90 Å². The predicted molar refractivity (Wildman–Crippen MR) is 83.3 cm³/mol. The van der Waals surface area contributed by atoms with Crippen LogP contribution in [0.1, 0.15) is 12.0 Å². The van der Waals surface area contributed by atoms with E-state index in [2.05, 4.69) is 27.2 Å². The molecule has 1 aliphatic heterocycles. The van der Waals surface area contributed by atoms with Gasteiger partial charge in [0.1, 0.15) is 0 Å². The van der Waals surface area contributed by atoms with Gasteiger partial charge in [0.05, 0.1) is 0 Å². The maximum Gasteiger partial charge on any atom is 0.151 e. The van der Waals surface area contributed by atoms with Gasteiger partial charge in [-0.15, -0.1) is 10.2 Å². The number of anilines is 1. The monoisotopic (exact) mass is 305 g/mol. The van der Waals surface area contributed by atoms with Gasteiger partial charge in [-0.1, -0.05) is 41.4 Å². The average Bonchev–Trinajstić information content (AvgIpc) is 2.48. The molecule has 2 heterocycles. The molecule has 20 heavy (non-hydrogen) atoms. The average molecular weight is 306 g/mol. The van der Waals surface area contributed by atoms with Crippen molar-refractivity contribution in [1.82, 2.24) is 10.2 Å². The zero-order valence-electron chi connectivity index (χ0n) is 10.8. The van der Waals surface area contributed by atoms with Crippen molar-refractivity contribution in [1.29, 1.82) is 0 Å². The van der Waals surface area contributed by atoms with Crippen molar-refractivity contribution < 1.29 is 0 Å². The van der Waals surface area contributed by atoms with Gasteiger partial charge in [0, 0.05) is 18.1 Å². The van der Waals surface area contributed by atoms with Crippen LogP contribution in [0.2, 0.25) is 10.2 Å². The van der Waals surface area contributed by atoms with Gasteiger partial charge in [-0.3, -0.25) is 0 Å². The van der Waals surface area contributed by atoms with Gasteiger partial charge in [0.2, 0.25) is 0 Å². The Morgan fingerprint density at radius 3 is 2.60 bits per heavy atom. The van der Waals surface area contributed by atoms with Crippen LogP contribution in [0.4, 0.5) is 5.82 Å². The Kier molecular flexibility index (Phi) is 3.90. The second kappa shape index (κ2) is 5.81. The summed E-state index contributed by atoms with van der Waals surface area (Å²) in [5, 5.41) is 9.18. The van der Waals surface area contributed by atoms with Gasteiger partial charge in [-0.2, -0.15) is 0 Å². The number of aromatic nitrogens is 2. The van der Waals surface area contributed by atoms with E-state index in [4.69, 9.17) is 23.2 Å². The molecule has 0 fully saturated rings. The first-order chi connectivity index (χ1) is 9.72. The molecule has 0 aliphatic carbocycles. The summed E-state index contributed by atoms with van der Waals surface area (Å²) in [5.74, 6) is 0.857. The third kappa shape index (κ3) is 2.94. The van der Waals surface area contributed by atoms with Crippen molar-refractivity contribution >= 4 is 34.6 Å². The maximum absolute atomic E-state index is 6.04. The highest BCUT2D eigenvalue weighted by molar-refractivity contribution is 6.30. The summed E-state index contributed by atoms with van der Waals surface area (Å²) in [6.45, 7) is 1.73. The molecule has 0 saturated carbocycles. The van der Waals surface area contributed by atoms with Crippen molar-refractivity contribution in [3.63, 3.8) is 0 Å². The number of benzene rings is 1. The Balaban J connectivity index is 1.76. The van der Waals surface area contributed by atoms with Gasteiger partial charge in [-0.25, -0.2) is 0 Å². The van der Waals surface area contributed by atoms with Crippen LogP contribution < -0.4 is 4.90 Å². The lowest BCUT2D eigenvalue weighted by Gasteiger charge is -2.27. The van der Waals surface area contributed by atoms with Gasteiger partial charge in [-0.05, 0) is 41.8 Å². The smallest absolute Gasteiger partial charge is 0.151 e.